The molecule has 0 saturated carbocycles. The van der Waals surface area contributed by atoms with E-state index in [1.165, 1.54) is 18.2 Å². The Morgan fingerprint density at radius 1 is 1.37 bits per heavy atom. The number of alkyl halides is 3. The zero-order chi connectivity index (χ0) is 14.2. The lowest BCUT2D eigenvalue weighted by molar-refractivity contribution is -0.144. The van der Waals surface area contributed by atoms with E-state index in [9.17, 15) is 18.0 Å². The van der Waals surface area contributed by atoms with Crippen LogP contribution >= 0.6 is 11.6 Å². The van der Waals surface area contributed by atoms with Gasteiger partial charge in [-0.1, -0.05) is 11.6 Å². The van der Waals surface area contributed by atoms with Crippen LogP contribution in [0.3, 0.4) is 0 Å². The van der Waals surface area contributed by atoms with Gasteiger partial charge in [0.1, 0.15) is 6.33 Å². The van der Waals surface area contributed by atoms with Crippen molar-refractivity contribution >= 4 is 17.6 Å². The third-order valence-electron chi connectivity index (χ3n) is 2.19. The fourth-order valence-electron chi connectivity index (χ4n) is 1.34. The summed E-state index contributed by atoms with van der Waals surface area (Å²) in [5.74, 6) is -2.52. The number of nitrogens with zero attached hydrogens (tertiary/aromatic N) is 3. The lowest BCUT2D eigenvalue weighted by atomic mass is 10.2. The summed E-state index contributed by atoms with van der Waals surface area (Å²) in [6.45, 7) is 0. The summed E-state index contributed by atoms with van der Waals surface area (Å²) in [6, 6.07) is 3.65. The number of carboxylic acids is 1. The highest BCUT2D eigenvalue weighted by atomic mass is 35.5. The second-order valence-corrected chi connectivity index (χ2v) is 3.89. The molecular weight excluding hydrogens is 287 g/mol. The highest BCUT2D eigenvalue weighted by Crippen LogP contribution is 2.26. The normalized spacial score (nSPS) is 11.6. The number of carbonyl (C=O) groups is 1. The molecule has 1 N–H and O–H groups in total. The van der Waals surface area contributed by atoms with E-state index in [1.807, 2.05) is 0 Å². The maximum Gasteiger partial charge on any atom is 0.453 e. The van der Waals surface area contributed by atoms with Crippen LogP contribution in [0, 0.1) is 0 Å². The first-order valence-electron chi connectivity index (χ1n) is 4.81. The Bertz CT molecular complexity index is 639. The van der Waals surface area contributed by atoms with Crippen LogP contribution in [0.25, 0.3) is 5.69 Å². The van der Waals surface area contributed by atoms with E-state index < -0.39 is 18.0 Å². The Morgan fingerprint density at radius 3 is 2.53 bits per heavy atom. The van der Waals surface area contributed by atoms with Crippen LogP contribution in [0.1, 0.15) is 16.2 Å². The fraction of sp³-hybridized carbons (Fsp3) is 0.100. The molecule has 0 bridgehead atoms. The Hall–Kier alpha value is -2.09. The Labute approximate surface area is 109 Å². The molecule has 2 rings (SSSR count). The smallest absolute Gasteiger partial charge is 0.453 e. The van der Waals surface area contributed by atoms with Gasteiger partial charge in [-0.2, -0.15) is 13.2 Å². The lowest BCUT2D eigenvalue weighted by Crippen LogP contribution is -2.08. The van der Waals surface area contributed by atoms with E-state index in [0.717, 1.165) is 11.0 Å². The molecular formula is C10H5ClF3N3O2. The Balaban J connectivity index is 2.40. The van der Waals surface area contributed by atoms with Gasteiger partial charge in [0.05, 0.1) is 16.3 Å². The van der Waals surface area contributed by atoms with E-state index in [2.05, 4.69) is 10.1 Å². The molecule has 0 aliphatic heterocycles. The van der Waals surface area contributed by atoms with Crippen molar-refractivity contribution in [2.45, 2.75) is 6.18 Å². The van der Waals surface area contributed by atoms with E-state index in [0.29, 0.717) is 0 Å². The summed E-state index contributed by atoms with van der Waals surface area (Å²) in [6.07, 6.45) is -3.77. The highest BCUT2D eigenvalue weighted by Gasteiger charge is 2.35. The van der Waals surface area contributed by atoms with Crippen LogP contribution in [0.2, 0.25) is 5.02 Å². The van der Waals surface area contributed by atoms with Crippen molar-refractivity contribution < 1.29 is 23.1 Å². The molecule has 0 aliphatic rings. The first kappa shape index (κ1) is 13.3. The maximum atomic E-state index is 12.3. The van der Waals surface area contributed by atoms with Crippen LogP contribution in [0.5, 0.6) is 0 Å². The SMILES string of the molecule is O=C(O)c1ccc(-n2cnc(C(F)(F)F)n2)cc1Cl. The fourth-order valence-corrected chi connectivity index (χ4v) is 1.59. The standard InChI is InChI=1S/C10H5ClF3N3O2/c11-7-3-5(1-2-6(7)8(18)19)17-4-15-9(16-17)10(12,13)14/h1-4H,(H,18,19). The van der Waals surface area contributed by atoms with Gasteiger partial charge in [0, 0.05) is 0 Å². The molecule has 0 fully saturated rings. The minimum absolute atomic E-state index is 0.103. The molecule has 9 heteroatoms. The van der Waals surface area contributed by atoms with Crippen molar-refractivity contribution in [3.05, 3.63) is 40.9 Å². The molecule has 0 aliphatic carbocycles. The van der Waals surface area contributed by atoms with Gasteiger partial charge in [0.15, 0.2) is 0 Å². The van der Waals surface area contributed by atoms with E-state index in [1.54, 1.807) is 0 Å². The number of benzene rings is 1. The van der Waals surface area contributed by atoms with Crippen molar-refractivity contribution in [2.24, 2.45) is 0 Å². The lowest BCUT2D eigenvalue weighted by Gasteiger charge is -2.04. The molecule has 0 radical (unpaired) electrons. The third-order valence-corrected chi connectivity index (χ3v) is 2.51. The third kappa shape index (κ3) is 2.68. The average Bonchev–Trinajstić information content (AvgIpc) is 2.76. The minimum Gasteiger partial charge on any atom is -0.478 e. The molecule has 0 amide bonds. The monoisotopic (exact) mass is 291 g/mol. The molecule has 0 atom stereocenters. The Kier molecular flexibility index (Phi) is 3.19. The van der Waals surface area contributed by atoms with Gasteiger partial charge in [-0.3, -0.25) is 0 Å². The van der Waals surface area contributed by atoms with Crippen LogP contribution in [0.15, 0.2) is 24.5 Å². The first-order chi connectivity index (χ1) is 8.79. The number of halogens is 4. The second-order valence-electron chi connectivity index (χ2n) is 3.48. The molecule has 0 unspecified atom stereocenters. The van der Waals surface area contributed by atoms with Gasteiger partial charge < -0.3 is 5.11 Å². The first-order valence-corrected chi connectivity index (χ1v) is 5.19. The minimum atomic E-state index is -4.64. The molecule has 1 aromatic carbocycles. The van der Waals surface area contributed by atoms with Gasteiger partial charge in [0.2, 0.25) is 0 Å². The van der Waals surface area contributed by atoms with Crippen LogP contribution in [0.4, 0.5) is 13.2 Å². The molecule has 19 heavy (non-hydrogen) atoms. The summed E-state index contributed by atoms with van der Waals surface area (Å²) >= 11 is 5.71. The largest absolute Gasteiger partial charge is 0.478 e. The topological polar surface area (TPSA) is 68.0 Å². The molecule has 2 aromatic rings. The quantitative estimate of drug-likeness (QED) is 0.923. The van der Waals surface area contributed by atoms with E-state index in [-0.39, 0.29) is 16.3 Å². The van der Waals surface area contributed by atoms with Crippen LogP contribution < -0.4 is 0 Å². The van der Waals surface area contributed by atoms with Gasteiger partial charge in [-0.15, -0.1) is 5.10 Å². The molecule has 0 spiro atoms. The van der Waals surface area contributed by atoms with Crippen LogP contribution in [-0.2, 0) is 6.18 Å². The van der Waals surface area contributed by atoms with Crippen molar-refractivity contribution in [3.63, 3.8) is 0 Å². The zero-order valence-corrected chi connectivity index (χ0v) is 9.77. The summed E-state index contributed by atoms with van der Waals surface area (Å²) < 4.78 is 37.8. The number of carboxylic acid groups (broad SMARTS) is 1. The van der Waals surface area contributed by atoms with Gasteiger partial charge in [-0.25, -0.2) is 14.5 Å². The van der Waals surface area contributed by atoms with Gasteiger partial charge >= 0.3 is 12.1 Å². The van der Waals surface area contributed by atoms with Crippen LogP contribution in [-0.4, -0.2) is 25.8 Å². The predicted molar refractivity (Wildman–Crippen MR) is 58.3 cm³/mol. The summed E-state index contributed by atoms with van der Waals surface area (Å²) in [7, 11) is 0. The molecule has 100 valence electrons. The number of hydrogen-bond acceptors (Lipinski definition) is 3. The molecule has 1 aromatic heterocycles. The van der Waals surface area contributed by atoms with Gasteiger partial charge in [-0.05, 0) is 18.2 Å². The van der Waals surface area contributed by atoms with Gasteiger partial charge in [0.25, 0.3) is 5.82 Å². The number of aromatic nitrogens is 3. The number of hydrogen-bond donors (Lipinski definition) is 1. The Morgan fingerprint density at radius 2 is 2.05 bits per heavy atom. The average molecular weight is 292 g/mol. The predicted octanol–water partition coefficient (Wildman–Crippen LogP) is 2.64. The summed E-state index contributed by atoms with van der Waals surface area (Å²) in [5, 5.41) is 11.9. The van der Waals surface area contributed by atoms with Crippen molar-refractivity contribution in [3.8, 4) is 5.69 Å². The molecule has 1 heterocycles. The highest BCUT2D eigenvalue weighted by molar-refractivity contribution is 6.33. The molecule has 5 nitrogen and oxygen atoms in total. The number of aromatic carboxylic acids is 1. The molecule has 0 saturated heterocycles. The van der Waals surface area contributed by atoms with Crippen molar-refractivity contribution in [1.29, 1.82) is 0 Å². The second kappa shape index (κ2) is 4.54. The number of rotatable bonds is 2. The maximum absolute atomic E-state index is 12.3. The van der Waals surface area contributed by atoms with Crippen molar-refractivity contribution in [1.82, 2.24) is 14.8 Å². The summed E-state index contributed by atoms with van der Waals surface area (Å²) in [5.41, 5.74) is 0.0274. The zero-order valence-electron chi connectivity index (χ0n) is 9.02. The summed E-state index contributed by atoms with van der Waals surface area (Å²) in [4.78, 5) is 13.9. The van der Waals surface area contributed by atoms with Crippen molar-refractivity contribution in [2.75, 3.05) is 0 Å². The van der Waals surface area contributed by atoms with E-state index >= 15 is 0 Å². The van der Waals surface area contributed by atoms with E-state index in [4.69, 9.17) is 16.7 Å².